The molecule has 4 heteroatoms. The summed E-state index contributed by atoms with van der Waals surface area (Å²) in [6, 6.07) is 0. The quantitative estimate of drug-likeness (QED) is 0.701. The number of nitrogens with zero attached hydrogens (tertiary/aromatic N) is 1. The number of hydrogen-bond donors (Lipinski definition) is 1. The van der Waals surface area contributed by atoms with Gasteiger partial charge in [-0.25, -0.2) is 0 Å². The molecule has 0 spiro atoms. The van der Waals surface area contributed by atoms with Gasteiger partial charge in [0.15, 0.2) is 0 Å². The Bertz CT molecular complexity index is 167. The van der Waals surface area contributed by atoms with Gasteiger partial charge in [-0.2, -0.15) is 0 Å². The Labute approximate surface area is 86.3 Å². The van der Waals surface area contributed by atoms with Gasteiger partial charge in [0, 0.05) is 39.4 Å². The third kappa shape index (κ3) is 3.20. The zero-order chi connectivity index (χ0) is 10.8. The van der Waals surface area contributed by atoms with Crippen molar-refractivity contribution in [1.82, 2.24) is 4.90 Å². The van der Waals surface area contributed by atoms with E-state index in [0.717, 1.165) is 19.6 Å². The molecule has 2 N–H and O–H groups in total. The second-order valence-corrected chi connectivity index (χ2v) is 4.73. The fraction of sp³-hybridized carbons (Fsp3) is 1.00. The first kappa shape index (κ1) is 11.9. The van der Waals surface area contributed by atoms with E-state index in [-0.39, 0.29) is 17.7 Å². The minimum atomic E-state index is -0.152. The first-order chi connectivity index (χ1) is 6.46. The molecule has 0 bridgehead atoms. The predicted molar refractivity (Wildman–Crippen MR) is 56.3 cm³/mol. The lowest BCUT2D eigenvalue weighted by Crippen LogP contribution is -2.44. The second kappa shape index (κ2) is 4.57. The highest BCUT2D eigenvalue weighted by atomic mass is 16.5. The van der Waals surface area contributed by atoms with Crippen molar-refractivity contribution in [2.75, 3.05) is 33.9 Å². The lowest BCUT2D eigenvalue weighted by atomic mass is 10.1. The van der Waals surface area contributed by atoms with Crippen LogP contribution in [-0.2, 0) is 9.47 Å². The summed E-state index contributed by atoms with van der Waals surface area (Å²) >= 11 is 0. The molecule has 14 heavy (non-hydrogen) atoms. The van der Waals surface area contributed by atoms with E-state index in [9.17, 15) is 0 Å². The van der Waals surface area contributed by atoms with E-state index >= 15 is 0 Å². The molecular weight excluding hydrogens is 180 g/mol. The molecule has 0 aromatic heterocycles. The predicted octanol–water partition coefficient (Wildman–Crippen LogP) is 0.0693. The number of likely N-dealkylation sites (tertiary alicyclic amines) is 1. The van der Waals surface area contributed by atoms with E-state index in [2.05, 4.69) is 4.90 Å². The van der Waals surface area contributed by atoms with Gasteiger partial charge in [-0.1, -0.05) is 0 Å². The van der Waals surface area contributed by atoms with Crippen molar-refractivity contribution in [1.29, 1.82) is 0 Å². The number of rotatable bonds is 4. The van der Waals surface area contributed by atoms with E-state index in [0.29, 0.717) is 0 Å². The second-order valence-electron chi connectivity index (χ2n) is 4.73. The van der Waals surface area contributed by atoms with Crippen LogP contribution in [0, 0.1) is 0 Å². The van der Waals surface area contributed by atoms with Gasteiger partial charge in [0.2, 0.25) is 0 Å². The first-order valence-electron chi connectivity index (χ1n) is 5.03. The van der Waals surface area contributed by atoms with Crippen LogP contribution >= 0.6 is 0 Å². The van der Waals surface area contributed by atoms with Crippen molar-refractivity contribution in [2.24, 2.45) is 5.73 Å². The van der Waals surface area contributed by atoms with E-state index in [1.165, 1.54) is 0 Å². The van der Waals surface area contributed by atoms with Crippen molar-refractivity contribution in [3.63, 3.8) is 0 Å². The summed E-state index contributed by atoms with van der Waals surface area (Å²) in [5.74, 6) is 0. The molecule has 0 amide bonds. The Morgan fingerprint density at radius 3 is 1.93 bits per heavy atom. The van der Waals surface area contributed by atoms with E-state index in [1.54, 1.807) is 14.2 Å². The third-order valence-electron chi connectivity index (χ3n) is 2.53. The van der Waals surface area contributed by atoms with Crippen LogP contribution in [-0.4, -0.2) is 56.5 Å². The number of nitrogens with two attached hydrogens (primary N) is 1. The summed E-state index contributed by atoms with van der Waals surface area (Å²) in [4.78, 5) is 2.29. The number of methoxy groups -OCH3 is 2. The smallest absolute Gasteiger partial charge is 0.0971 e. The Morgan fingerprint density at radius 2 is 1.64 bits per heavy atom. The van der Waals surface area contributed by atoms with Crippen LogP contribution in [0.5, 0.6) is 0 Å². The normalized spacial score (nSPS) is 29.8. The monoisotopic (exact) mass is 202 g/mol. The molecular formula is C10H22N2O2. The molecule has 1 rings (SSSR count). The van der Waals surface area contributed by atoms with Gasteiger partial charge in [0.25, 0.3) is 0 Å². The molecule has 1 heterocycles. The van der Waals surface area contributed by atoms with E-state index in [1.807, 2.05) is 13.8 Å². The van der Waals surface area contributed by atoms with Crippen LogP contribution in [0.15, 0.2) is 0 Å². The molecule has 0 saturated carbocycles. The first-order valence-corrected chi connectivity index (χ1v) is 5.03. The molecule has 0 aliphatic carbocycles. The molecule has 84 valence electrons. The fourth-order valence-corrected chi connectivity index (χ4v) is 1.98. The summed E-state index contributed by atoms with van der Waals surface area (Å²) in [7, 11) is 3.46. The summed E-state index contributed by atoms with van der Waals surface area (Å²) in [6.07, 6.45) is 0.365. The van der Waals surface area contributed by atoms with Crippen molar-refractivity contribution in [3.8, 4) is 0 Å². The zero-order valence-electron chi connectivity index (χ0n) is 9.62. The molecule has 1 fully saturated rings. The molecule has 0 radical (unpaired) electrons. The number of ether oxygens (including phenoxy) is 2. The molecule has 2 atom stereocenters. The Morgan fingerprint density at radius 1 is 1.21 bits per heavy atom. The highest BCUT2D eigenvalue weighted by molar-refractivity contribution is 4.89. The maximum atomic E-state index is 5.97. The molecule has 2 unspecified atom stereocenters. The van der Waals surface area contributed by atoms with Crippen molar-refractivity contribution in [3.05, 3.63) is 0 Å². The van der Waals surface area contributed by atoms with Gasteiger partial charge in [0.05, 0.1) is 12.2 Å². The molecule has 1 aliphatic heterocycles. The van der Waals surface area contributed by atoms with Crippen LogP contribution in [0.3, 0.4) is 0 Å². The Balaban J connectivity index is 2.45. The number of hydrogen-bond acceptors (Lipinski definition) is 4. The fourth-order valence-electron chi connectivity index (χ4n) is 1.98. The minimum Gasteiger partial charge on any atom is -0.377 e. The van der Waals surface area contributed by atoms with Gasteiger partial charge >= 0.3 is 0 Å². The minimum absolute atomic E-state index is 0.152. The van der Waals surface area contributed by atoms with E-state index in [4.69, 9.17) is 15.2 Å². The van der Waals surface area contributed by atoms with Crippen LogP contribution < -0.4 is 5.73 Å². The van der Waals surface area contributed by atoms with Crippen molar-refractivity contribution in [2.45, 2.75) is 31.6 Å². The summed E-state index contributed by atoms with van der Waals surface area (Å²) in [6.45, 7) is 6.78. The molecule has 0 aromatic rings. The van der Waals surface area contributed by atoms with Gasteiger partial charge in [-0.05, 0) is 13.8 Å². The molecule has 0 aromatic carbocycles. The standard InChI is InChI=1S/C10H22N2O2/c1-10(2,11)7-12-5-8(13-3)9(6-12)14-4/h8-9H,5-7,11H2,1-4H3. The lowest BCUT2D eigenvalue weighted by molar-refractivity contribution is -0.00461. The highest BCUT2D eigenvalue weighted by Gasteiger charge is 2.34. The summed E-state index contributed by atoms with van der Waals surface area (Å²) in [5.41, 5.74) is 5.81. The van der Waals surface area contributed by atoms with Gasteiger partial charge in [-0.15, -0.1) is 0 Å². The largest absolute Gasteiger partial charge is 0.377 e. The average Bonchev–Trinajstić information content (AvgIpc) is 2.43. The maximum absolute atomic E-state index is 5.97. The van der Waals surface area contributed by atoms with Crippen LogP contribution in [0.4, 0.5) is 0 Å². The maximum Gasteiger partial charge on any atom is 0.0971 e. The van der Waals surface area contributed by atoms with Crippen molar-refractivity contribution >= 4 is 0 Å². The molecule has 1 aliphatic rings. The highest BCUT2D eigenvalue weighted by Crippen LogP contribution is 2.17. The Hall–Kier alpha value is -0.160. The van der Waals surface area contributed by atoms with Crippen molar-refractivity contribution < 1.29 is 9.47 Å². The topological polar surface area (TPSA) is 47.7 Å². The average molecular weight is 202 g/mol. The van der Waals surface area contributed by atoms with Gasteiger partial charge < -0.3 is 15.2 Å². The van der Waals surface area contributed by atoms with E-state index < -0.39 is 0 Å². The zero-order valence-corrected chi connectivity index (χ0v) is 9.62. The SMILES string of the molecule is COC1CN(CC(C)(C)N)CC1OC. The Kier molecular flexibility index (Phi) is 3.89. The van der Waals surface area contributed by atoms with Crippen LogP contribution in [0.1, 0.15) is 13.8 Å². The molecule has 1 saturated heterocycles. The summed E-state index contributed by atoms with van der Waals surface area (Å²) in [5, 5.41) is 0. The van der Waals surface area contributed by atoms with Crippen LogP contribution in [0.2, 0.25) is 0 Å². The third-order valence-corrected chi connectivity index (χ3v) is 2.53. The summed E-state index contributed by atoms with van der Waals surface area (Å²) < 4.78 is 10.7. The lowest BCUT2D eigenvalue weighted by Gasteiger charge is -2.25. The molecule has 4 nitrogen and oxygen atoms in total. The van der Waals surface area contributed by atoms with Gasteiger partial charge in [0.1, 0.15) is 0 Å². The van der Waals surface area contributed by atoms with Gasteiger partial charge in [-0.3, -0.25) is 4.90 Å². The van der Waals surface area contributed by atoms with Crippen LogP contribution in [0.25, 0.3) is 0 Å².